The van der Waals surface area contributed by atoms with Crippen molar-refractivity contribution < 1.29 is 27.9 Å². The number of fused-ring (bicyclic) bond motifs is 1. The average Bonchev–Trinajstić information content (AvgIpc) is 3.22. The number of hydrogen-bond donors (Lipinski definition) is 2. The highest BCUT2D eigenvalue weighted by atomic mass is 19.4. The monoisotopic (exact) mass is 396 g/mol. The van der Waals surface area contributed by atoms with E-state index in [-0.39, 0.29) is 11.2 Å². The second-order valence-electron chi connectivity index (χ2n) is 7.00. The van der Waals surface area contributed by atoms with Gasteiger partial charge in [0.25, 0.3) is 0 Å². The highest BCUT2D eigenvalue weighted by Gasteiger charge is 2.38. The van der Waals surface area contributed by atoms with Crippen molar-refractivity contribution >= 4 is 22.8 Å². The van der Waals surface area contributed by atoms with Crippen LogP contribution in [0.5, 0.6) is 0 Å². The number of rotatable bonds is 3. The van der Waals surface area contributed by atoms with Crippen LogP contribution in [0.3, 0.4) is 0 Å². The molecule has 0 aliphatic rings. The molecule has 28 heavy (non-hydrogen) atoms. The fourth-order valence-corrected chi connectivity index (χ4v) is 2.19. The number of carboxylic acids is 1. The van der Waals surface area contributed by atoms with Crippen LogP contribution in [0.25, 0.3) is 22.2 Å². The van der Waals surface area contributed by atoms with E-state index in [4.69, 9.17) is 9.90 Å². The van der Waals surface area contributed by atoms with Crippen LogP contribution >= 0.6 is 0 Å². The molecule has 0 unspecified atom stereocenters. The third kappa shape index (κ3) is 5.18. The van der Waals surface area contributed by atoms with Crippen molar-refractivity contribution in [3.63, 3.8) is 0 Å². The van der Waals surface area contributed by atoms with Crippen LogP contribution in [-0.4, -0.2) is 42.8 Å². The molecule has 3 heterocycles. The molecular formula is C18H19F3N4O3. The van der Waals surface area contributed by atoms with Gasteiger partial charge in [-0.1, -0.05) is 20.8 Å². The molecule has 0 saturated heterocycles. The van der Waals surface area contributed by atoms with Crippen LogP contribution < -0.4 is 0 Å². The Morgan fingerprint density at radius 2 is 1.86 bits per heavy atom. The minimum Gasteiger partial charge on any atom is -0.475 e. The number of carboxylic acid groups (broad SMARTS) is 1. The fourth-order valence-electron chi connectivity index (χ4n) is 2.19. The van der Waals surface area contributed by atoms with Crippen LogP contribution in [0.15, 0.2) is 36.9 Å². The smallest absolute Gasteiger partial charge is 0.475 e. The van der Waals surface area contributed by atoms with Crippen molar-refractivity contribution in [2.75, 3.05) is 0 Å². The van der Waals surface area contributed by atoms with Crippen molar-refractivity contribution in [2.45, 2.75) is 33.5 Å². The Bertz CT molecular complexity index is 984. The van der Waals surface area contributed by atoms with Gasteiger partial charge in [-0.05, 0) is 17.7 Å². The number of Topliss-reactive ketones (excluding diaryl/α,β-unsaturated/α-hetero) is 1. The lowest BCUT2D eigenvalue weighted by Crippen LogP contribution is -2.25. The van der Waals surface area contributed by atoms with Gasteiger partial charge >= 0.3 is 12.1 Å². The number of aromatic amines is 1. The number of aromatic nitrogens is 4. The lowest BCUT2D eigenvalue weighted by Gasteiger charge is -2.16. The summed E-state index contributed by atoms with van der Waals surface area (Å²) < 4.78 is 33.4. The van der Waals surface area contributed by atoms with Gasteiger partial charge in [0, 0.05) is 35.0 Å². The maximum Gasteiger partial charge on any atom is 0.490 e. The molecule has 0 atom stereocenters. The molecule has 150 valence electrons. The number of pyridine rings is 1. The molecular weight excluding hydrogens is 377 g/mol. The Morgan fingerprint density at radius 1 is 1.21 bits per heavy atom. The van der Waals surface area contributed by atoms with Crippen molar-refractivity contribution in [3.05, 3.63) is 36.9 Å². The van der Waals surface area contributed by atoms with E-state index in [2.05, 4.69) is 15.1 Å². The highest BCUT2D eigenvalue weighted by Crippen LogP contribution is 2.26. The van der Waals surface area contributed by atoms with Gasteiger partial charge in [-0.2, -0.15) is 18.3 Å². The van der Waals surface area contributed by atoms with Gasteiger partial charge in [0.05, 0.1) is 6.20 Å². The van der Waals surface area contributed by atoms with Crippen LogP contribution in [0.1, 0.15) is 20.8 Å². The van der Waals surface area contributed by atoms with Gasteiger partial charge < -0.3 is 10.1 Å². The van der Waals surface area contributed by atoms with Gasteiger partial charge in [-0.15, -0.1) is 0 Å². The quantitative estimate of drug-likeness (QED) is 0.703. The number of nitrogens with one attached hydrogen (secondary N) is 1. The number of aliphatic carboxylic acids is 1. The summed E-state index contributed by atoms with van der Waals surface area (Å²) >= 11 is 0. The zero-order chi connectivity index (χ0) is 21.1. The maximum absolute atomic E-state index is 12.1. The normalized spacial score (nSPS) is 11.8. The summed E-state index contributed by atoms with van der Waals surface area (Å²) in [6, 6.07) is 3.96. The molecule has 0 bridgehead atoms. The van der Waals surface area contributed by atoms with Gasteiger partial charge in [0.15, 0.2) is 5.78 Å². The standard InChI is InChI=1S/C16H18N4O.C2HF3O2/c1-16(2,3)14(21)10-20-9-11(8-19-20)12-4-6-17-15-13(12)5-7-18-15;3-2(4,5)1(6)7/h4-9H,10H2,1-3H3,(H,17,18);(H,6,7). The topological polar surface area (TPSA) is 101 Å². The summed E-state index contributed by atoms with van der Waals surface area (Å²) in [5.41, 5.74) is 2.56. The molecule has 0 amide bonds. The molecule has 10 heteroatoms. The number of carbonyl (C=O) groups excluding carboxylic acids is 1. The molecule has 0 saturated carbocycles. The number of halogens is 3. The zero-order valence-electron chi connectivity index (χ0n) is 15.4. The Labute approximate surface area is 158 Å². The highest BCUT2D eigenvalue weighted by molar-refractivity contribution is 5.92. The average molecular weight is 396 g/mol. The summed E-state index contributed by atoms with van der Waals surface area (Å²) in [5, 5.41) is 12.5. The number of nitrogens with zero attached hydrogens (tertiary/aromatic N) is 3. The molecule has 7 nitrogen and oxygen atoms in total. The molecule has 0 aliphatic carbocycles. The summed E-state index contributed by atoms with van der Waals surface area (Å²) in [6.45, 7) is 6.06. The van der Waals surface area contributed by atoms with Crippen molar-refractivity contribution in [2.24, 2.45) is 5.41 Å². The number of alkyl halides is 3. The third-order valence-electron chi connectivity index (χ3n) is 3.79. The second-order valence-corrected chi connectivity index (χ2v) is 7.00. The zero-order valence-corrected chi connectivity index (χ0v) is 15.4. The van der Waals surface area contributed by atoms with Crippen LogP contribution in [0.2, 0.25) is 0 Å². The molecule has 0 spiro atoms. The molecule has 0 aliphatic heterocycles. The fraction of sp³-hybridized carbons (Fsp3) is 0.333. The molecule has 0 radical (unpaired) electrons. The first-order chi connectivity index (χ1) is 12.9. The van der Waals surface area contributed by atoms with Gasteiger partial charge in [-0.25, -0.2) is 9.78 Å². The summed E-state index contributed by atoms with van der Waals surface area (Å²) in [7, 11) is 0. The van der Waals surface area contributed by atoms with Crippen LogP contribution in [0.4, 0.5) is 13.2 Å². The Morgan fingerprint density at radius 3 is 2.43 bits per heavy atom. The maximum atomic E-state index is 12.1. The lowest BCUT2D eigenvalue weighted by molar-refractivity contribution is -0.192. The largest absolute Gasteiger partial charge is 0.490 e. The molecule has 3 rings (SSSR count). The van der Waals surface area contributed by atoms with Gasteiger partial charge in [0.2, 0.25) is 0 Å². The third-order valence-corrected chi connectivity index (χ3v) is 3.79. The Kier molecular flexibility index (Phi) is 5.91. The minimum absolute atomic E-state index is 0.165. The summed E-state index contributed by atoms with van der Waals surface area (Å²) in [5.74, 6) is -2.59. The number of H-pyrrole nitrogens is 1. The summed E-state index contributed by atoms with van der Waals surface area (Å²) in [4.78, 5) is 28.3. The number of carbonyl (C=O) groups is 2. The molecule has 3 aromatic heterocycles. The molecule has 2 N–H and O–H groups in total. The number of ketones is 1. The van der Waals surface area contributed by atoms with Crippen molar-refractivity contribution in [1.29, 1.82) is 0 Å². The lowest BCUT2D eigenvalue weighted by atomic mass is 9.91. The van der Waals surface area contributed by atoms with Crippen LogP contribution in [-0.2, 0) is 16.1 Å². The first-order valence-electron chi connectivity index (χ1n) is 8.18. The van der Waals surface area contributed by atoms with Gasteiger partial charge in [-0.3, -0.25) is 9.48 Å². The van der Waals surface area contributed by atoms with Gasteiger partial charge in [0.1, 0.15) is 12.2 Å². The summed E-state index contributed by atoms with van der Waals surface area (Å²) in [6.07, 6.45) is 2.25. The first-order valence-corrected chi connectivity index (χ1v) is 8.18. The predicted octanol–water partition coefficient (Wildman–Crippen LogP) is 3.67. The van der Waals surface area contributed by atoms with E-state index in [1.165, 1.54) is 0 Å². The number of hydrogen-bond acceptors (Lipinski definition) is 4. The van der Waals surface area contributed by atoms with E-state index in [1.807, 2.05) is 45.3 Å². The second kappa shape index (κ2) is 7.83. The molecule has 0 fully saturated rings. The van der Waals surface area contributed by atoms with E-state index in [0.717, 1.165) is 22.2 Å². The van der Waals surface area contributed by atoms with E-state index in [1.54, 1.807) is 17.1 Å². The van der Waals surface area contributed by atoms with Crippen molar-refractivity contribution in [3.8, 4) is 11.1 Å². The van der Waals surface area contributed by atoms with E-state index in [0.29, 0.717) is 6.54 Å². The van der Waals surface area contributed by atoms with E-state index >= 15 is 0 Å². The van der Waals surface area contributed by atoms with Crippen LogP contribution in [0, 0.1) is 5.41 Å². The van der Waals surface area contributed by atoms with E-state index < -0.39 is 12.1 Å². The van der Waals surface area contributed by atoms with E-state index in [9.17, 15) is 18.0 Å². The van der Waals surface area contributed by atoms with Crippen molar-refractivity contribution in [1.82, 2.24) is 19.7 Å². The minimum atomic E-state index is -5.08. The molecule has 3 aromatic rings. The predicted molar refractivity (Wildman–Crippen MR) is 95.5 cm³/mol. The SMILES string of the molecule is CC(C)(C)C(=O)Cn1cc(-c2ccnc3[nH]ccc23)cn1.O=C(O)C(F)(F)F. The first kappa shape index (κ1) is 21.1. The Balaban J connectivity index is 0.000000345. The molecule has 0 aromatic carbocycles. The Hall–Kier alpha value is -3.17.